The van der Waals surface area contributed by atoms with Crippen LogP contribution in [0.5, 0.6) is 0 Å². The highest BCUT2D eigenvalue weighted by Crippen LogP contribution is 2.26. The molecule has 0 aliphatic rings. The summed E-state index contributed by atoms with van der Waals surface area (Å²) >= 11 is 2.51. The minimum Gasteiger partial charge on any atom is -0.326 e. The lowest BCUT2D eigenvalue weighted by Gasteiger charge is -2.09. The smallest absolute Gasteiger partial charge is 0.221 e. The molecule has 2 aromatic heterocycles. The van der Waals surface area contributed by atoms with Crippen molar-refractivity contribution < 1.29 is 9.59 Å². The predicted octanol–water partition coefficient (Wildman–Crippen LogP) is 2.96. The summed E-state index contributed by atoms with van der Waals surface area (Å²) in [6.07, 6.45) is 1.53. The van der Waals surface area contributed by atoms with Gasteiger partial charge in [-0.05, 0) is 25.1 Å². The van der Waals surface area contributed by atoms with Crippen molar-refractivity contribution in [3.05, 3.63) is 46.7 Å². The minimum atomic E-state index is -0.884. The van der Waals surface area contributed by atoms with Crippen LogP contribution in [0.1, 0.15) is 23.5 Å². The van der Waals surface area contributed by atoms with Crippen LogP contribution >= 0.6 is 23.1 Å². The van der Waals surface area contributed by atoms with Gasteiger partial charge >= 0.3 is 0 Å². The van der Waals surface area contributed by atoms with Crippen LogP contribution in [0.4, 0.5) is 5.69 Å². The number of hydrogen-bond acceptors (Lipinski definition) is 8. The molecule has 0 fully saturated rings. The van der Waals surface area contributed by atoms with Gasteiger partial charge in [0.15, 0.2) is 16.9 Å². The summed E-state index contributed by atoms with van der Waals surface area (Å²) in [7, 11) is 0. The molecule has 1 aromatic carbocycles. The van der Waals surface area contributed by atoms with Crippen molar-refractivity contribution in [2.45, 2.75) is 24.9 Å². The van der Waals surface area contributed by atoms with E-state index in [1.807, 2.05) is 24.4 Å². The fourth-order valence-corrected chi connectivity index (χ4v) is 4.12. The second-order valence-electron chi connectivity index (χ2n) is 5.86. The van der Waals surface area contributed by atoms with Gasteiger partial charge in [-0.25, -0.2) is 4.98 Å². The standard InChI is InChI=1S/C18H16N6O2S2/c1-11-8-27-17(21-11)15(7-19)16(26)9-28-18-23-20-10-24(18)14-5-3-4-13(6-14)22-12(2)25/h3-6,8,10,15H,9H2,1-2H3,(H,22,25). The van der Waals surface area contributed by atoms with Crippen LogP contribution in [0.2, 0.25) is 0 Å². The van der Waals surface area contributed by atoms with E-state index in [1.165, 1.54) is 36.3 Å². The highest BCUT2D eigenvalue weighted by atomic mass is 32.2. The summed E-state index contributed by atoms with van der Waals surface area (Å²) in [6, 6.07) is 9.24. The van der Waals surface area contributed by atoms with Crippen molar-refractivity contribution in [1.29, 1.82) is 5.26 Å². The number of nitrogens with one attached hydrogen (secondary N) is 1. The van der Waals surface area contributed by atoms with Gasteiger partial charge in [-0.15, -0.1) is 21.5 Å². The number of aryl methyl sites for hydroxylation is 1. The molecule has 3 aromatic rings. The maximum Gasteiger partial charge on any atom is 0.221 e. The molecule has 0 spiro atoms. The van der Waals surface area contributed by atoms with Crippen LogP contribution in [-0.2, 0) is 9.59 Å². The first-order valence-corrected chi connectivity index (χ1v) is 10.1. The normalized spacial score (nSPS) is 11.6. The number of Topliss-reactive ketones (excluding diaryl/α,β-unsaturated/α-hetero) is 1. The molecule has 0 saturated carbocycles. The van der Waals surface area contributed by atoms with Crippen LogP contribution in [-0.4, -0.2) is 37.2 Å². The first kappa shape index (κ1) is 19.7. The number of nitrogens with zero attached hydrogens (tertiary/aromatic N) is 5. The van der Waals surface area contributed by atoms with Gasteiger partial charge < -0.3 is 5.32 Å². The number of hydrogen-bond donors (Lipinski definition) is 1. The third-order valence-electron chi connectivity index (χ3n) is 3.64. The quantitative estimate of drug-likeness (QED) is 0.593. The van der Waals surface area contributed by atoms with E-state index < -0.39 is 5.92 Å². The lowest BCUT2D eigenvalue weighted by Crippen LogP contribution is -2.13. The van der Waals surface area contributed by atoms with Crippen molar-refractivity contribution in [2.75, 3.05) is 11.1 Å². The number of anilines is 1. The molecule has 1 amide bonds. The topological polar surface area (TPSA) is 114 Å². The van der Waals surface area contributed by atoms with Crippen molar-refractivity contribution in [3.63, 3.8) is 0 Å². The maximum absolute atomic E-state index is 12.5. The number of thioether (sulfide) groups is 1. The monoisotopic (exact) mass is 412 g/mol. The van der Waals surface area contributed by atoms with Gasteiger partial charge in [-0.3, -0.25) is 14.2 Å². The Kier molecular flexibility index (Phi) is 6.18. The molecule has 3 rings (SSSR count). The van der Waals surface area contributed by atoms with Gasteiger partial charge in [0, 0.05) is 23.7 Å². The van der Waals surface area contributed by atoms with Gasteiger partial charge in [0.05, 0.1) is 17.5 Å². The Bertz CT molecular complexity index is 1050. The molecule has 142 valence electrons. The summed E-state index contributed by atoms with van der Waals surface area (Å²) in [6.45, 7) is 3.26. The largest absolute Gasteiger partial charge is 0.326 e. The maximum atomic E-state index is 12.5. The second-order valence-corrected chi connectivity index (χ2v) is 7.69. The van der Waals surface area contributed by atoms with E-state index in [4.69, 9.17) is 0 Å². The van der Waals surface area contributed by atoms with E-state index in [1.54, 1.807) is 22.8 Å². The summed E-state index contributed by atoms with van der Waals surface area (Å²) in [5.41, 5.74) is 2.19. The number of ketones is 1. The van der Waals surface area contributed by atoms with E-state index >= 15 is 0 Å². The zero-order valence-electron chi connectivity index (χ0n) is 15.1. The Morgan fingerprint density at radius 2 is 2.25 bits per heavy atom. The fraction of sp³-hybridized carbons (Fsp3) is 0.222. The Balaban J connectivity index is 1.73. The first-order chi connectivity index (χ1) is 13.5. The Morgan fingerprint density at radius 1 is 1.43 bits per heavy atom. The van der Waals surface area contributed by atoms with Gasteiger partial charge in [0.1, 0.15) is 11.3 Å². The molecule has 28 heavy (non-hydrogen) atoms. The summed E-state index contributed by atoms with van der Waals surface area (Å²) < 4.78 is 1.72. The summed E-state index contributed by atoms with van der Waals surface area (Å²) in [5, 5.41) is 22.9. The number of carbonyl (C=O) groups excluding carboxylic acids is 2. The SMILES string of the molecule is CC(=O)Nc1cccc(-n2cnnc2SCC(=O)C(C#N)c2nc(C)cs2)c1. The van der Waals surface area contributed by atoms with Crippen LogP contribution in [0.15, 0.2) is 41.1 Å². The van der Waals surface area contributed by atoms with Gasteiger partial charge in [-0.2, -0.15) is 5.26 Å². The van der Waals surface area contributed by atoms with E-state index in [9.17, 15) is 14.9 Å². The van der Waals surface area contributed by atoms with Gasteiger partial charge in [0.25, 0.3) is 0 Å². The number of benzene rings is 1. The van der Waals surface area contributed by atoms with Crippen LogP contribution in [0.3, 0.4) is 0 Å². The third kappa shape index (κ3) is 4.62. The highest BCUT2D eigenvalue weighted by Gasteiger charge is 2.24. The molecule has 1 N–H and O–H groups in total. The predicted molar refractivity (Wildman–Crippen MR) is 107 cm³/mol. The third-order valence-corrected chi connectivity index (χ3v) is 5.63. The molecule has 0 bridgehead atoms. The van der Waals surface area contributed by atoms with E-state index in [0.717, 1.165) is 11.4 Å². The molecule has 2 heterocycles. The average Bonchev–Trinajstić information content (AvgIpc) is 3.29. The van der Waals surface area contributed by atoms with Crippen molar-refractivity contribution >= 4 is 40.5 Å². The second kappa shape index (κ2) is 8.77. The van der Waals surface area contributed by atoms with Crippen LogP contribution < -0.4 is 5.32 Å². The van der Waals surface area contributed by atoms with Gasteiger partial charge in [-0.1, -0.05) is 17.8 Å². The molecule has 0 saturated heterocycles. The summed E-state index contributed by atoms with van der Waals surface area (Å²) in [5.74, 6) is -1.21. The molecular formula is C18H16N6O2S2. The number of amides is 1. The lowest BCUT2D eigenvalue weighted by molar-refractivity contribution is -0.117. The van der Waals surface area contributed by atoms with Crippen molar-refractivity contribution in [1.82, 2.24) is 19.7 Å². The molecule has 10 heteroatoms. The zero-order chi connectivity index (χ0) is 20.1. The number of carbonyl (C=O) groups is 2. The Labute approximate surface area is 169 Å². The van der Waals surface area contributed by atoms with Crippen molar-refractivity contribution in [3.8, 4) is 11.8 Å². The summed E-state index contributed by atoms with van der Waals surface area (Å²) in [4.78, 5) is 28.0. The zero-order valence-corrected chi connectivity index (χ0v) is 16.8. The number of aromatic nitrogens is 4. The number of thiazole rings is 1. The molecular weight excluding hydrogens is 396 g/mol. The highest BCUT2D eigenvalue weighted by molar-refractivity contribution is 7.99. The van der Waals surface area contributed by atoms with E-state index in [2.05, 4.69) is 20.5 Å². The van der Waals surface area contributed by atoms with Gasteiger partial charge in [0.2, 0.25) is 5.91 Å². The fourth-order valence-electron chi connectivity index (χ4n) is 2.43. The Hall–Kier alpha value is -3.03. The van der Waals surface area contributed by atoms with Crippen molar-refractivity contribution in [2.24, 2.45) is 0 Å². The molecule has 0 aliphatic heterocycles. The first-order valence-electron chi connectivity index (χ1n) is 8.23. The molecule has 1 atom stereocenters. The molecule has 0 aliphatic carbocycles. The van der Waals surface area contributed by atoms with Crippen LogP contribution in [0, 0.1) is 18.3 Å². The molecule has 0 radical (unpaired) electrons. The Morgan fingerprint density at radius 3 is 2.93 bits per heavy atom. The number of rotatable bonds is 7. The lowest BCUT2D eigenvalue weighted by atomic mass is 10.1. The van der Waals surface area contributed by atoms with E-state index in [-0.39, 0.29) is 17.4 Å². The minimum absolute atomic E-state index is 0.0704. The average molecular weight is 413 g/mol. The van der Waals surface area contributed by atoms with Crippen LogP contribution in [0.25, 0.3) is 5.69 Å². The molecule has 8 nitrogen and oxygen atoms in total. The van der Waals surface area contributed by atoms with E-state index in [0.29, 0.717) is 15.9 Å². The molecule has 1 unspecified atom stereocenters. The number of nitriles is 1.